The van der Waals surface area contributed by atoms with Gasteiger partial charge in [-0.1, -0.05) is 22.0 Å². The fourth-order valence-electron chi connectivity index (χ4n) is 2.07. The van der Waals surface area contributed by atoms with Gasteiger partial charge in [-0.05, 0) is 42.8 Å². The van der Waals surface area contributed by atoms with Gasteiger partial charge in [0.05, 0.1) is 6.54 Å². The Balaban J connectivity index is 1.84. The highest BCUT2D eigenvalue weighted by Gasteiger charge is 2.14. The predicted molar refractivity (Wildman–Crippen MR) is 97.0 cm³/mol. The van der Waals surface area contributed by atoms with Crippen molar-refractivity contribution in [3.8, 4) is 5.75 Å². The summed E-state index contributed by atoms with van der Waals surface area (Å²) in [5.41, 5.74) is 1.59. The third-order valence-electron chi connectivity index (χ3n) is 3.43. The lowest BCUT2D eigenvalue weighted by Crippen LogP contribution is -2.37. The third kappa shape index (κ3) is 5.86. The van der Waals surface area contributed by atoms with E-state index in [1.54, 1.807) is 12.1 Å². The number of nitrogens with one attached hydrogen (secondary N) is 1. The van der Waals surface area contributed by atoms with Crippen LogP contribution in [0.1, 0.15) is 5.56 Å². The molecule has 1 N–H and O–H groups in total. The Morgan fingerprint density at radius 1 is 1.24 bits per heavy atom. The summed E-state index contributed by atoms with van der Waals surface area (Å²) < 4.78 is 19.2. The summed E-state index contributed by atoms with van der Waals surface area (Å²) in [6.45, 7) is 1.49. The standard InChI is InChI=1S/C18H18BrFN2O3/c1-12-8-13(19)6-7-16(12)21-17(23)10-22(2)18(24)11-25-15-5-3-4-14(20)9-15/h3-9H,10-11H2,1-2H3,(H,21,23). The van der Waals surface area contributed by atoms with Gasteiger partial charge in [0.15, 0.2) is 6.61 Å². The Morgan fingerprint density at radius 2 is 2.00 bits per heavy atom. The van der Waals surface area contributed by atoms with Crippen molar-refractivity contribution in [2.75, 3.05) is 25.5 Å². The number of carbonyl (C=O) groups is 2. The monoisotopic (exact) mass is 408 g/mol. The van der Waals surface area contributed by atoms with Crippen LogP contribution < -0.4 is 10.1 Å². The topological polar surface area (TPSA) is 58.6 Å². The Kier molecular flexibility index (Phi) is 6.52. The number of likely N-dealkylation sites (N-methyl/N-ethyl adjacent to an activating group) is 1. The van der Waals surface area contributed by atoms with Crippen LogP contribution in [0.5, 0.6) is 5.75 Å². The summed E-state index contributed by atoms with van der Waals surface area (Å²) in [6.07, 6.45) is 0. The molecular weight excluding hydrogens is 391 g/mol. The first-order chi connectivity index (χ1) is 11.8. The van der Waals surface area contributed by atoms with Crippen molar-refractivity contribution in [1.29, 1.82) is 0 Å². The van der Waals surface area contributed by atoms with E-state index in [1.165, 1.54) is 30.1 Å². The molecule has 5 nitrogen and oxygen atoms in total. The van der Waals surface area contributed by atoms with Gasteiger partial charge in [0.25, 0.3) is 5.91 Å². The van der Waals surface area contributed by atoms with Crippen LogP contribution in [0.15, 0.2) is 46.9 Å². The van der Waals surface area contributed by atoms with Gasteiger partial charge in [-0.25, -0.2) is 4.39 Å². The molecule has 0 saturated carbocycles. The summed E-state index contributed by atoms with van der Waals surface area (Å²) in [6, 6.07) is 11.0. The van der Waals surface area contributed by atoms with E-state index in [-0.39, 0.29) is 30.7 Å². The van der Waals surface area contributed by atoms with Crippen molar-refractivity contribution < 1.29 is 18.7 Å². The van der Waals surface area contributed by atoms with Gasteiger partial charge in [-0.2, -0.15) is 0 Å². The number of ether oxygens (including phenoxy) is 1. The maximum atomic E-state index is 13.1. The van der Waals surface area contributed by atoms with Gasteiger partial charge < -0.3 is 15.0 Å². The second-order valence-electron chi connectivity index (χ2n) is 5.50. The maximum Gasteiger partial charge on any atom is 0.260 e. The van der Waals surface area contributed by atoms with Crippen LogP contribution >= 0.6 is 15.9 Å². The van der Waals surface area contributed by atoms with Crippen LogP contribution in [-0.2, 0) is 9.59 Å². The molecule has 0 aliphatic rings. The van der Waals surface area contributed by atoms with E-state index >= 15 is 0 Å². The van der Waals surface area contributed by atoms with E-state index < -0.39 is 5.82 Å². The zero-order chi connectivity index (χ0) is 18.4. The molecule has 2 aromatic carbocycles. The molecule has 2 amide bonds. The largest absolute Gasteiger partial charge is 0.484 e. The van der Waals surface area contributed by atoms with Gasteiger partial charge in [-0.3, -0.25) is 9.59 Å². The highest BCUT2D eigenvalue weighted by molar-refractivity contribution is 9.10. The minimum atomic E-state index is -0.442. The number of benzene rings is 2. The molecule has 2 aromatic rings. The Bertz CT molecular complexity index is 783. The second-order valence-corrected chi connectivity index (χ2v) is 6.42. The Morgan fingerprint density at radius 3 is 2.68 bits per heavy atom. The average molecular weight is 409 g/mol. The van der Waals surface area contributed by atoms with E-state index in [9.17, 15) is 14.0 Å². The predicted octanol–water partition coefficient (Wildman–Crippen LogP) is 3.37. The summed E-state index contributed by atoms with van der Waals surface area (Å²) in [7, 11) is 1.51. The number of hydrogen-bond donors (Lipinski definition) is 1. The summed E-state index contributed by atoms with van der Waals surface area (Å²) in [5, 5.41) is 2.76. The van der Waals surface area contributed by atoms with E-state index in [0.717, 1.165) is 10.0 Å². The summed E-state index contributed by atoms with van der Waals surface area (Å²) in [5.74, 6) is -0.877. The minimum Gasteiger partial charge on any atom is -0.484 e. The molecule has 132 valence electrons. The summed E-state index contributed by atoms with van der Waals surface area (Å²) >= 11 is 3.36. The van der Waals surface area contributed by atoms with E-state index in [2.05, 4.69) is 21.2 Å². The van der Waals surface area contributed by atoms with Crippen molar-refractivity contribution in [2.45, 2.75) is 6.92 Å². The first-order valence-electron chi connectivity index (χ1n) is 7.53. The third-order valence-corrected chi connectivity index (χ3v) is 3.92. The molecule has 7 heteroatoms. The molecule has 0 unspecified atom stereocenters. The fraction of sp³-hybridized carbons (Fsp3) is 0.222. The quantitative estimate of drug-likeness (QED) is 0.796. The van der Waals surface area contributed by atoms with Gasteiger partial charge in [0, 0.05) is 23.3 Å². The zero-order valence-electron chi connectivity index (χ0n) is 13.9. The second kappa shape index (κ2) is 8.62. The molecule has 0 spiro atoms. The molecule has 0 fully saturated rings. The van der Waals surface area contributed by atoms with Crippen molar-refractivity contribution in [3.05, 3.63) is 58.3 Å². The number of carbonyl (C=O) groups excluding carboxylic acids is 2. The first-order valence-corrected chi connectivity index (χ1v) is 8.33. The first kappa shape index (κ1) is 18.9. The summed E-state index contributed by atoms with van der Waals surface area (Å²) in [4.78, 5) is 25.4. The molecule has 2 rings (SSSR count). The Labute approximate surface area is 153 Å². The highest BCUT2D eigenvalue weighted by Crippen LogP contribution is 2.20. The number of halogens is 2. The van der Waals surface area contributed by atoms with E-state index in [0.29, 0.717) is 5.69 Å². The lowest BCUT2D eigenvalue weighted by atomic mass is 10.2. The van der Waals surface area contributed by atoms with Crippen LogP contribution in [-0.4, -0.2) is 36.9 Å². The minimum absolute atomic E-state index is 0.110. The molecule has 0 radical (unpaired) electrons. The van der Waals surface area contributed by atoms with Crippen molar-refractivity contribution >= 4 is 33.4 Å². The van der Waals surface area contributed by atoms with Gasteiger partial charge >= 0.3 is 0 Å². The lowest BCUT2D eigenvalue weighted by molar-refractivity contribution is -0.135. The number of aryl methyl sites for hydroxylation is 1. The van der Waals surface area contributed by atoms with Crippen LogP contribution in [0.4, 0.5) is 10.1 Å². The van der Waals surface area contributed by atoms with Crippen molar-refractivity contribution in [2.24, 2.45) is 0 Å². The van der Waals surface area contributed by atoms with Crippen LogP contribution in [0, 0.1) is 12.7 Å². The van der Waals surface area contributed by atoms with E-state index in [1.807, 2.05) is 19.1 Å². The van der Waals surface area contributed by atoms with Crippen molar-refractivity contribution in [3.63, 3.8) is 0 Å². The molecular formula is C18H18BrFN2O3. The molecule has 0 saturated heterocycles. The van der Waals surface area contributed by atoms with Gasteiger partial charge in [0.2, 0.25) is 5.91 Å². The maximum absolute atomic E-state index is 13.1. The van der Waals surface area contributed by atoms with E-state index in [4.69, 9.17) is 4.74 Å². The smallest absolute Gasteiger partial charge is 0.260 e. The number of hydrogen-bond acceptors (Lipinski definition) is 3. The number of amides is 2. The molecule has 0 aromatic heterocycles. The number of rotatable bonds is 6. The molecule has 0 aliphatic carbocycles. The number of anilines is 1. The van der Waals surface area contributed by atoms with Crippen LogP contribution in [0.2, 0.25) is 0 Å². The highest BCUT2D eigenvalue weighted by atomic mass is 79.9. The molecule has 0 bridgehead atoms. The SMILES string of the molecule is Cc1cc(Br)ccc1NC(=O)CN(C)C(=O)COc1cccc(F)c1. The van der Waals surface area contributed by atoms with Crippen LogP contribution in [0.25, 0.3) is 0 Å². The normalized spacial score (nSPS) is 10.2. The molecule has 0 aliphatic heterocycles. The van der Waals surface area contributed by atoms with Gasteiger partial charge in [0.1, 0.15) is 11.6 Å². The number of nitrogens with zero attached hydrogens (tertiary/aromatic N) is 1. The Hall–Kier alpha value is -2.41. The van der Waals surface area contributed by atoms with Crippen molar-refractivity contribution in [1.82, 2.24) is 4.90 Å². The fourth-order valence-corrected chi connectivity index (χ4v) is 2.55. The van der Waals surface area contributed by atoms with Gasteiger partial charge in [-0.15, -0.1) is 0 Å². The molecule has 0 atom stereocenters. The van der Waals surface area contributed by atoms with Crippen LogP contribution in [0.3, 0.4) is 0 Å². The lowest BCUT2D eigenvalue weighted by Gasteiger charge is -2.17. The zero-order valence-corrected chi connectivity index (χ0v) is 15.5. The molecule has 25 heavy (non-hydrogen) atoms. The average Bonchev–Trinajstić information content (AvgIpc) is 2.55. The molecule has 0 heterocycles.